The molecule has 0 fully saturated rings. The van der Waals surface area contributed by atoms with E-state index in [0.717, 1.165) is 13.1 Å². The molecule has 0 aliphatic rings. The van der Waals surface area contributed by atoms with Crippen molar-refractivity contribution in [1.82, 2.24) is 15.0 Å². The molecule has 1 aromatic heterocycles. The van der Waals surface area contributed by atoms with Gasteiger partial charge in [-0.05, 0) is 18.3 Å². The third-order valence-electron chi connectivity index (χ3n) is 3.18. The summed E-state index contributed by atoms with van der Waals surface area (Å²) in [7, 11) is 1.55. The maximum absolute atomic E-state index is 5.07. The number of nitrogens with zero attached hydrogens (tertiary/aromatic N) is 3. The standard InChI is InChI=1S/C13H25N5O/c1-7-14-10-16-11(18-12(17-10)19-6)15-8-9(2)13(3,4)5/h9H,7-8H2,1-6H3,(H2,14,15,16,17,18). The Labute approximate surface area is 115 Å². The lowest BCUT2D eigenvalue weighted by Crippen LogP contribution is -2.25. The Kier molecular flexibility index (Phi) is 5.32. The average molecular weight is 267 g/mol. The van der Waals surface area contributed by atoms with E-state index in [2.05, 4.69) is 53.3 Å². The summed E-state index contributed by atoms with van der Waals surface area (Å²) in [6, 6.07) is 0.317. The largest absolute Gasteiger partial charge is 0.467 e. The van der Waals surface area contributed by atoms with E-state index in [-0.39, 0.29) is 5.41 Å². The van der Waals surface area contributed by atoms with Gasteiger partial charge >= 0.3 is 6.01 Å². The number of nitrogens with one attached hydrogen (secondary N) is 2. The first-order chi connectivity index (χ1) is 8.86. The van der Waals surface area contributed by atoms with E-state index in [1.165, 1.54) is 0 Å². The first kappa shape index (κ1) is 15.5. The lowest BCUT2D eigenvalue weighted by molar-refractivity contribution is 0.274. The van der Waals surface area contributed by atoms with Gasteiger partial charge in [0.15, 0.2) is 0 Å². The predicted molar refractivity (Wildman–Crippen MR) is 77.7 cm³/mol. The van der Waals surface area contributed by atoms with Crippen molar-refractivity contribution in [2.75, 3.05) is 30.8 Å². The Balaban J connectivity index is 2.74. The zero-order valence-electron chi connectivity index (χ0n) is 12.7. The maximum Gasteiger partial charge on any atom is 0.322 e. The van der Waals surface area contributed by atoms with E-state index in [9.17, 15) is 0 Å². The van der Waals surface area contributed by atoms with E-state index in [1.54, 1.807) is 7.11 Å². The normalized spacial score (nSPS) is 12.9. The lowest BCUT2D eigenvalue weighted by Gasteiger charge is -2.27. The Bertz CT molecular complexity index is 403. The average Bonchev–Trinajstić information content (AvgIpc) is 2.34. The van der Waals surface area contributed by atoms with E-state index < -0.39 is 0 Å². The van der Waals surface area contributed by atoms with Crippen molar-refractivity contribution in [3.05, 3.63) is 0 Å². The van der Waals surface area contributed by atoms with Crippen LogP contribution >= 0.6 is 0 Å². The molecule has 1 heterocycles. The van der Waals surface area contributed by atoms with Gasteiger partial charge in [0.2, 0.25) is 11.9 Å². The molecule has 1 rings (SSSR count). The molecule has 6 heteroatoms. The van der Waals surface area contributed by atoms with Crippen LogP contribution in [0.2, 0.25) is 0 Å². The molecule has 0 aliphatic heterocycles. The SMILES string of the molecule is CCNc1nc(NCC(C)C(C)(C)C)nc(OC)n1. The minimum atomic E-state index is 0.245. The van der Waals surface area contributed by atoms with Crippen LogP contribution in [0.5, 0.6) is 6.01 Å². The van der Waals surface area contributed by atoms with Crippen LogP contribution in [0.3, 0.4) is 0 Å². The van der Waals surface area contributed by atoms with Crippen molar-refractivity contribution in [2.24, 2.45) is 11.3 Å². The summed E-state index contributed by atoms with van der Waals surface area (Å²) in [4.78, 5) is 12.6. The molecular weight excluding hydrogens is 242 g/mol. The summed E-state index contributed by atoms with van der Waals surface area (Å²) < 4.78 is 5.07. The summed E-state index contributed by atoms with van der Waals surface area (Å²) in [5.74, 6) is 1.57. The smallest absolute Gasteiger partial charge is 0.322 e. The number of methoxy groups -OCH3 is 1. The van der Waals surface area contributed by atoms with Gasteiger partial charge in [-0.25, -0.2) is 0 Å². The van der Waals surface area contributed by atoms with Crippen molar-refractivity contribution >= 4 is 11.9 Å². The quantitative estimate of drug-likeness (QED) is 0.824. The second-order valence-electron chi connectivity index (χ2n) is 5.65. The molecule has 0 radical (unpaired) electrons. The molecule has 0 aliphatic carbocycles. The summed E-state index contributed by atoms with van der Waals surface area (Å²) in [6.07, 6.45) is 0. The number of hydrogen-bond donors (Lipinski definition) is 2. The van der Waals surface area contributed by atoms with Crippen LogP contribution in [0, 0.1) is 11.3 Å². The van der Waals surface area contributed by atoms with Crippen molar-refractivity contribution in [3.63, 3.8) is 0 Å². The first-order valence-electron chi connectivity index (χ1n) is 6.64. The van der Waals surface area contributed by atoms with E-state index >= 15 is 0 Å². The van der Waals surface area contributed by atoms with Gasteiger partial charge in [0.25, 0.3) is 0 Å². The van der Waals surface area contributed by atoms with Gasteiger partial charge in [-0.3, -0.25) is 0 Å². The number of ether oxygens (including phenoxy) is 1. The highest BCUT2D eigenvalue weighted by Crippen LogP contribution is 2.25. The van der Waals surface area contributed by atoms with Crippen molar-refractivity contribution in [2.45, 2.75) is 34.6 Å². The van der Waals surface area contributed by atoms with Gasteiger partial charge in [-0.1, -0.05) is 27.7 Å². The van der Waals surface area contributed by atoms with Crippen LogP contribution in [0.1, 0.15) is 34.6 Å². The summed E-state index contributed by atoms with van der Waals surface area (Å²) in [6.45, 7) is 12.4. The third-order valence-corrected chi connectivity index (χ3v) is 3.18. The maximum atomic E-state index is 5.07. The molecule has 0 bridgehead atoms. The van der Waals surface area contributed by atoms with Crippen LogP contribution in [0.15, 0.2) is 0 Å². The molecule has 19 heavy (non-hydrogen) atoms. The molecule has 0 spiro atoms. The van der Waals surface area contributed by atoms with Gasteiger partial charge < -0.3 is 15.4 Å². The number of anilines is 2. The highest BCUT2D eigenvalue weighted by molar-refractivity contribution is 5.35. The van der Waals surface area contributed by atoms with E-state index in [0.29, 0.717) is 23.8 Å². The fourth-order valence-corrected chi connectivity index (χ4v) is 1.31. The van der Waals surface area contributed by atoms with Crippen molar-refractivity contribution in [1.29, 1.82) is 0 Å². The molecule has 108 valence electrons. The van der Waals surface area contributed by atoms with Gasteiger partial charge in [0.05, 0.1) is 7.11 Å². The van der Waals surface area contributed by atoms with E-state index in [1.807, 2.05) is 6.92 Å². The highest BCUT2D eigenvalue weighted by Gasteiger charge is 2.20. The molecule has 0 saturated carbocycles. The molecule has 0 saturated heterocycles. The Morgan fingerprint density at radius 2 is 1.68 bits per heavy atom. The van der Waals surface area contributed by atoms with Crippen LogP contribution in [0.25, 0.3) is 0 Å². The number of rotatable bonds is 6. The minimum absolute atomic E-state index is 0.245. The second kappa shape index (κ2) is 6.54. The molecule has 1 aromatic rings. The molecule has 2 N–H and O–H groups in total. The Hall–Kier alpha value is -1.59. The molecule has 6 nitrogen and oxygen atoms in total. The van der Waals surface area contributed by atoms with Crippen molar-refractivity contribution < 1.29 is 4.74 Å². The number of aromatic nitrogens is 3. The topological polar surface area (TPSA) is 72.0 Å². The predicted octanol–water partition coefficient (Wildman–Crippen LogP) is 2.41. The summed E-state index contributed by atoms with van der Waals surface area (Å²) in [5, 5.41) is 6.30. The summed E-state index contributed by atoms with van der Waals surface area (Å²) >= 11 is 0. The summed E-state index contributed by atoms with van der Waals surface area (Å²) in [5.41, 5.74) is 0.245. The fourth-order valence-electron chi connectivity index (χ4n) is 1.31. The molecule has 1 atom stereocenters. The van der Waals surface area contributed by atoms with Crippen LogP contribution < -0.4 is 15.4 Å². The second-order valence-corrected chi connectivity index (χ2v) is 5.65. The Morgan fingerprint density at radius 3 is 2.16 bits per heavy atom. The molecule has 0 aromatic carbocycles. The third kappa shape index (κ3) is 4.89. The monoisotopic (exact) mass is 267 g/mol. The van der Waals surface area contributed by atoms with Crippen LogP contribution in [0.4, 0.5) is 11.9 Å². The van der Waals surface area contributed by atoms with Gasteiger partial charge in [0, 0.05) is 13.1 Å². The van der Waals surface area contributed by atoms with Crippen molar-refractivity contribution in [3.8, 4) is 6.01 Å². The van der Waals surface area contributed by atoms with Gasteiger partial charge in [-0.2, -0.15) is 15.0 Å². The first-order valence-corrected chi connectivity index (χ1v) is 6.64. The van der Waals surface area contributed by atoms with Gasteiger partial charge in [-0.15, -0.1) is 0 Å². The minimum Gasteiger partial charge on any atom is -0.467 e. The van der Waals surface area contributed by atoms with Gasteiger partial charge in [0.1, 0.15) is 0 Å². The van der Waals surface area contributed by atoms with E-state index in [4.69, 9.17) is 4.74 Å². The zero-order chi connectivity index (χ0) is 14.5. The lowest BCUT2D eigenvalue weighted by atomic mass is 9.82. The molecular formula is C13H25N5O. The number of hydrogen-bond acceptors (Lipinski definition) is 6. The molecule has 1 unspecified atom stereocenters. The zero-order valence-corrected chi connectivity index (χ0v) is 12.7. The Morgan fingerprint density at radius 1 is 1.11 bits per heavy atom. The van der Waals surface area contributed by atoms with Crippen LogP contribution in [-0.2, 0) is 0 Å². The van der Waals surface area contributed by atoms with Crippen LogP contribution in [-0.4, -0.2) is 35.2 Å². The molecule has 0 amide bonds. The fraction of sp³-hybridized carbons (Fsp3) is 0.769. The highest BCUT2D eigenvalue weighted by atomic mass is 16.5.